The van der Waals surface area contributed by atoms with Crippen LogP contribution in [-0.4, -0.2) is 0 Å². The van der Waals surface area contributed by atoms with E-state index >= 15 is 0 Å². The van der Waals surface area contributed by atoms with Crippen LogP contribution in [0.3, 0.4) is 0 Å². The van der Waals surface area contributed by atoms with E-state index in [0.717, 1.165) is 0 Å². The molecule has 0 nitrogen and oxygen atoms in total. The smallest absolute Gasteiger partial charge is 0 e. The minimum absolute atomic E-state index is 0. The van der Waals surface area contributed by atoms with Crippen LogP contribution in [-0.2, 0) is 32.7 Å². The summed E-state index contributed by atoms with van der Waals surface area (Å²) in [5.74, 6) is 0. The van der Waals surface area contributed by atoms with E-state index in [1.165, 1.54) is 0 Å². The Kier molecular flexibility index (Phi) is 1300. The molecule has 0 unspecified atom stereocenters. The zero-order valence-corrected chi connectivity index (χ0v) is 6.12. The first-order valence-corrected chi connectivity index (χ1v) is 0.707. The van der Waals surface area contributed by atoms with Crippen LogP contribution in [0.5, 0.6) is 0 Å². The molecule has 0 aromatic carbocycles. The molecule has 0 amide bonds. The summed E-state index contributed by atoms with van der Waals surface area (Å²) in [6.07, 6.45) is 0. The van der Waals surface area contributed by atoms with Crippen LogP contribution < -0.4 is 0 Å². The Labute approximate surface area is 68.6 Å². The van der Waals surface area contributed by atoms with E-state index in [1.807, 2.05) is 0 Å². The van der Waals surface area contributed by atoms with Crippen molar-refractivity contribution in [1.82, 2.24) is 0 Å². The Morgan fingerprint density at radius 3 is 1.00 bits per heavy atom. The maximum Gasteiger partial charge on any atom is 0 e. The van der Waals surface area contributed by atoms with Gasteiger partial charge in [0.15, 0.2) is 0 Å². The first kappa shape index (κ1) is 59.8. The molecule has 0 aliphatic carbocycles. The van der Waals surface area contributed by atoms with Crippen LogP contribution in [0.2, 0.25) is 0 Å². The van der Waals surface area contributed by atoms with Crippen molar-refractivity contribution in [3.8, 4) is 0 Å². The topological polar surface area (TPSA) is 0 Å². The van der Waals surface area contributed by atoms with E-state index in [-0.39, 0.29) is 55.0 Å². The SMILES string of the molecule is C.C.[CH2-]C.[CH3-].[Y]. The molecule has 0 atom stereocenters. The normalized spacial score (nSPS) is 1.00. The molecule has 1 heteroatoms. The summed E-state index contributed by atoms with van der Waals surface area (Å²) in [5.41, 5.74) is 0. The van der Waals surface area contributed by atoms with Crippen molar-refractivity contribution in [1.29, 1.82) is 0 Å². The van der Waals surface area contributed by atoms with Gasteiger partial charge < -0.3 is 14.4 Å². The van der Waals surface area contributed by atoms with Crippen molar-refractivity contribution in [3.05, 3.63) is 14.4 Å². The van der Waals surface area contributed by atoms with Gasteiger partial charge in [0.1, 0.15) is 0 Å². The predicted octanol–water partition coefficient (Wildman–Crippen LogP) is 2.56. The molecule has 0 aliphatic heterocycles. The molecule has 0 bridgehead atoms. The van der Waals surface area contributed by atoms with Crippen molar-refractivity contribution in [2.24, 2.45) is 0 Å². The molecule has 0 fully saturated rings. The van der Waals surface area contributed by atoms with Crippen LogP contribution in [0, 0.1) is 14.4 Å². The van der Waals surface area contributed by atoms with Gasteiger partial charge in [-0.2, -0.15) is 6.92 Å². The van der Waals surface area contributed by atoms with Gasteiger partial charge in [-0.05, 0) is 0 Å². The Morgan fingerprint density at radius 2 is 1.00 bits per heavy atom. The summed E-state index contributed by atoms with van der Waals surface area (Å²) in [6.45, 7) is 5.00. The fraction of sp³-hybridized carbons (Fsp3) is 0.600. The molecule has 0 aromatic rings. The van der Waals surface area contributed by atoms with Crippen LogP contribution >= 0.6 is 0 Å². The molecule has 0 saturated carbocycles. The molecule has 0 heterocycles. The molecule has 1 radical (unpaired) electrons. The summed E-state index contributed by atoms with van der Waals surface area (Å²) in [7, 11) is 0. The van der Waals surface area contributed by atoms with E-state index in [1.54, 1.807) is 6.92 Å². The molecule has 6 heavy (non-hydrogen) atoms. The van der Waals surface area contributed by atoms with Gasteiger partial charge in [-0.15, -0.1) is 0 Å². The maximum atomic E-state index is 3.25. The van der Waals surface area contributed by atoms with E-state index in [9.17, 15) is 0 Å². The first-order valence-electron chi connectivity index (χ1n) is 0.707. The van der Waals surface area contributed by atoms with Crippen molar-refractivity contribution >= 4 is 0 Å². The van der Waals surface area contributed by atoms with Gasteiger partial charge in [-0.1, -0.05) is 14.9 Å². The van der Waals surface area contributed by atoms with Gasteiger partial charge in [0.25, 0.3) is 0 Å². The largest absolute Gasteiger partial charge is 0.358 e. The number of rotatable bonds is 0. The third-order valence-electron chi connectivity index (χ3n) is 0. The zero-order chi connectivity index (χ0) is 2.00. The molecule has 0 aliphatic rings. The summed E-state index contributed by atoms with van der Waals surface area (Å²) < 4.78 is 0. The van der Waals surface area contributed by atoms with Gasteiger partial charge in [-0.25, -0.2) is 0 Å². The Balaban J connectivity index is -0.000000000833. The summed E-state index contributed by atoms with van der Waals surface area (Å²) >= 11 is 0. The average Bonchev–Trinajstić information content (AvgIpc) is 1.00. The van der Waals surface area contributed by atoms with Crippen LogP contribution in [0.15, 0.2) is 0 Å². The fourth-order valence-electron chi connectivity index (χ4n) is 0. The standard InChI is InChI=1S/C2H5.2CH4.CH3.Y/c1-2;;;;/h1H2,2H3;2*1H4;1H3;/q-1;;;-1;. The molecule has 0 saturated heterocycles. The van der Waals surface area contributed by atoms with E-state index in [2.05, 4.69) is 6.92 Å². The van der Waals surface area contributed by atoms with Crippen LogP contribution in [0.1, 0.15) is 21.8 Å². The summed E-state index contributed by atoms with van der Waals surface area (Å²) in [6, 6.07) is 0. The van der Waals surface area contributed by atoms with Gasteiger partial charge in [0.05, 0.1) is 0 Å². The summed E-state index contributed by atoms with van der Waals surface area (Å²) in [4.78, 5) is 0. The molecule has 0 spiro atoms. The average molecular weight is 165 g/mol. The third kappa shape index (κ3) is 70.5. The van der Waals surface area contributed by atoms with Crippen LogP contribution in [0.25, 0.3) is 0 Å². The van der Waals surface area contributed by atoms with Gasteiger partial charge in [-0.3, -0.25) is 0 Å². The second-order valence-electron chi connectivity index (χ2n) is 0. The zero-order valence-electron chi connectivity index (χ0n) is 3.28. The summed E-state index contributed by atoms with van der Waals surface area (Å²) in [5, 5.41) is 0. The van der Waals surface area contributed by atoms with Gasteiger partial charge >= 0.3 is 0 Å². The van der Waals surface area contributed by atoms with Crippen LogP contribution in [0.4, 0.5) is 0 Å². The van der Waals surface area contributed by atoms with E-state index in [0.29, 0.717) is 0 Å². The van der Waals surface area contributed by atoms with Crippen molar-refractivity contribution in [3.63, 3.8) is 0 Å². The molecular weight excluding hydrogens is 149 g/mol. The molecule has 0 rings (SSSR count). The number of hydrogen-bond donors (Lipinski definition) is 0. The second-order valence-corrected chi connectivity index (χ2v) is 0. The molecular formula is C5H16Y-2. The predicted molar refractivity (Wildman–Crippen MR) is 30.9 cm³/mol. The fourth-order valence-corrected chi connectivity index (χ4v) is 0. The number of hydrogen-bond acceptors (Lipinski definition) is 0. The van der Waals surface area contributed by atoms with Gasteiger partial charge in [0.2, 0.25) is 0 Å². The Bertz CT molecular complexity index is 3.90. The second kappa shape index (κ2) is 130. The quantitative estimate of drug-likeness (QED) is 0.484. The Hall–Kier alpha value is 1.10. The third-order valence-corrected chi connectivity index (χ3v) is 0. The molecule has 0 aromatic heterocycles. The van der Waals surface area contributed by atoms with Crippen molar-refractivity contribution in [2.75, 3.05) is 0 Å². The van der Waals surface area contributed by atoms with E-state index in [4.69, 9.17) is 0 Å². The molecule has 0 N–H and O–H groups in total. The van der Waals surface area contributed by atoms with Gasteiger partial charge in [0, 0.05) is 32.7 Å². The first-order chi connectivity index (χ1) is 1.00. The van der Waals surface area contributed by atoms with Crippen molar-refractivity contribution in [2.45, 2.75) is 21.8 Å². The minimum Gasteiger partial charge on any atom is -0.358 e. The van der Waals surface area contributed by atoms with Crippen molar-refractivity contribution < 1.29 is 32.7 Å². The molecule has 41 valence electrons. The minimum atomic E-state index is 0. The van der Waals surface area contributed by atoms with E-state index < -0.39 is 0 Å². The maximum absolute atomic E-state index is 3.25. The monoisotopic (exact) mass is 165 g/mol. The Morgan fingerprint density at radius 1 is 1.00 bits per heavy atom.